The van der Waals surface area contributed by atoms with Crippen LogP contribution in [0, 0.1) is 5.41 Å². The Morgan fingerprint density at radius 1 is 0.929 bits per heavy atom. The van der Waals surface area contributed by atoms with E-state index in [4.69, 9.17) is 4.74 Å². The fraction of sp³-hybridized carbons (Fsp3) is 0.560. The maximum absolute atomic E-state index is 11.6. The van der Waals surface area contributed by atoms with Gasteiger partial charge in [0, 0.05) is 5.41 Å². The molecule has 0 radical (unpaired) electrons. The van der Waals surface area contributed by atoms with E-state index in [9.17, 15) is 9.90 Å². The van der Waals surface area contributed by atoms with Crippen molar-refractivity contribution in [1.29, 1.82) is 0 Å². The molecule has 1 rings (SSSR count). The zero-order chi connectivity index (χ0) is 20.8. The van der Waals surface area contributed by atoms with Crippen molar-refractivity contribution >= 4 is 5.78 Å². The van der Waals surface area contributed by atoms with Crippen LogP contribution in [-0.4, -0.2) is 29.2 Å². The summed E-state index contributed by atoms with van der Waals surface area (Å²) >= 11 is 0. The monoisotopic (exact) mass is 386 g/mol. The van der Waals surface area contributed by atoms with E-state index in [0.717, 1.165) is 32.1 Å². The van der Waals surface area contributed by atoms with E-state index in [1.165, 1.54) is 0 Å². The molecule has 0 spiro atoms. The maximum atomic E-state index is 11.6. The van der Waals surface area contributed by atoms with Gasteiger partial charge in [0.05, 0.1) is 6.10 Å². The molecule has 0 bridgehead atoms. The number of carbonyl (C=O) groups is 1. The average molecular weight is 387 g/mol. The molecule has 1 heterocycles. The lowest BCUT2D eigenvalue weighted by Gasteiger charge is -2.19. The zero-order valence-corrected chi connectivity index (χ0v) is 18.0. The second-order valence-corrected chi connectivity index (χ2v) is 7.94. The second kappa shape index (κ2) is 13.5. The number of rotatable bonds is 14. The number of aliphatic hydroxyl groups is 1. The molecule has 1 aliphatic heterocycles. The third-order valence-corrected chi connectivity index (χ3v) is 4.95. The molecule has 3 nitrogen and oxygen atoms in total. The lowest BCUT2D eigenvalue weighted by molar-refractivity contribution is -0.125. The minimum atomic E-state index is -0.597. The van der Waals surface area contributed by atoms with Crippen molar-refractivity contribution in [2.24, 2.45) is 5.41 Å². The van der Waals surface area contributed by atoms with Gasteiger partial charge in [-0.05, 0) is 45.4 Å². The van der Waals surface area contributed by atoms with Crippen molar-refractivity contribution in [2.45, 2.75) is 84.5 Å². The van der Waals surface area contributed by atoms with Gasteiger partial charge in [-0.3, -0.25) is 4.79 Å². The normalized spacial score (nSPS) is 21.8. The summed E-state index contributed by atoms with van der Waals surface area (Å²) in [5, 5.41) is 10.1. The van der Waals surface area contributed by atoms with Crippen LogP contribution in [-0.2, 0) is 9.53 Å². The molecule has 3 heteroatoms. The van der Waals surface area contributed by atoms with Gasteiger partial charge >= 0.3 is 0 Å². The summed E-state index contributed by atoms with van der Waals surface area (Å²) in [6.07, 6.45) is 25.8. The number of hydrogen-bond acceptors (Lipinski definition) is 3. The van der Waals surface area contributed by atoms with Crippen LogP contribution in [0.3, 0.4) is 0 Å². The Kier molecular flexibility index (Phi) is 11.7. The number of hydrogen-bond donors (Lipinski definition) is 1. The van der Waals surface area contributed by atoms with Crippen LogP contribution >= 0.6 is 0 Å². The van der Waals surface area contributed by atoms with Crippen molar-refractivity contribution in [1.82, 2.24) is 0 Å². The lowest BCUT2D eigenvalue weighted by Crippen LogP contribution is -2.25. The average Bonchev–Trinajstić information content (AvgIpc) is 3.40. The molecule has 3 atom stereocenters. The van der Waals surface area contributed by atoms with Gasteiger partial charge < -0.3 is 9.84 Å². The Morgan fingerprint density at radius 3 is 1.86 bits per heavy atom. The number of ether oxygens (including phenoxy) is 1. The van der Waals surface area contributed by atoms with Crippen LogP contribution in [0.25, 0.3) is 0 Å². The molecule has 0 aliphatic carbocycles. The minimum Gasteiger partial charge on any atom is -0.386 e. The van der Waals surface area contributed by atoms with Crippen molar-refractivity contribution in [3.63, 3.8) is 0 Å². The van der Waals surface area contributed by atoms with Gasteiger partial charge in [-0.1, -0.05) is 81.5 Å². The van der Waals surface area contributed by atoms with Gasteiger partial charge in [0.2, 0.25) is 0 Å². The highest BCUT2D eigenvalue weighted by molar-refractivity contribution is 5.81. The summed E-state index contributed by atoms with van der Waals surface area (Å²) in [5.74, 6) is 0.158. The minimum absolute atomic E-state index is 0.0176. The topological polar surface area (TPSA) is 49.8 Å². The molecule has 1 saturated heterocycles. The Balaban J connectivity index is 2.12. The number of epoxide rings is 1. The highest BCUT2D eigenvalue weighted by Crippen LogP contribution is 2.37. The third-order valence-electron chi connectivity index (χ3n) is 4.95. The molecule has 0 aromatic carbocycles. The fourth-order valence-corrected chi connectivity index (χ4v) is 2.75. The van der Waals surface area contributed by atoms with Crippen LogP contribution in [0.1, 0.15) is 66.2 Å². The molecule has 28 heavy (non-hydrogen) atoms. The SMILES string of the molecule is CC/C=C\C/C=C\C/C=C\C/C=C\C/C=C\C(O)C1OC1CC(C)(C)C(C)=O. The summed E-state index contributed by atoms with van der Waals surface area (Å²) in [7, 11) is 0. The van der Waals surface area contributed by atoms with Crippen LogP contribution in [0.5, 0.6) is 0 Å². The molecule has 3 unspecified atom stereocenters. The first-order valence-corrected chi connectivity index (χ1v) is 10.5. The highest BCUT2D eigenvalue weighted by Gasteiger charge is 2.46. The van der Waals surface area contributed by atoms with E-state index in [0.29, 0.717) is 6.42 Å². The number of allylic oxidation sites excluding steroid dienone is 9. The first-order chi connectivity index (χ1) is 13.4. The molecule has 0 saturated carbocycles. The molecule has 156 valence electrons. The largest absolute Gasteiger partial charge is 0.386 e. The summed E-state index contributed by atoms with van der Waals surface area (Å²) < 4.78 is 5.54. The van der Waals surface area contributed by atoms with E-state index >= 15 is 0 Å². The Hall–Kier alpha value is -1.71. The first-order valence-electron chi connectivity index (χ1n) is 10.5. The van der Waals surface area contributed by atoms with Crippen LogP contribution in [0.4, 0.5) is 0 Å². The molecular formula is C25H38O3. The number of Topliss-reactive ketones (excluding diaryl/α,β-unsaturated/α-hetero) is 1. The molecule has 0 aromatic heterocycles. The predicted molar refractivity (Wildman–Crippen MR) is 118 cm³/mol. The quantitative estimate of drug-likeness (QED) is 0.300. The van der Waals surface area contributed by atoms with E-state index in [2.05, 4.69) is 55.5 Å². The van der Waals surface area contributed by atoms with Gasteiger partial charge in [0.1, 0.15) is 18.0 Å². The molecular weight excluding hydrogens is 348 g/mol. The maximum Gasteiger partial charge on any atom is 0.135 e. The molecule has 1 N–H and O–H groups in total. The van der Waals surface area contributed by atoms with Crippen LogP contribution < -0.4 is 0 Å². The summed E-state index contributed by atoms with van der Waals surface area (Å²) in [4.78, 5) is 11.6. The third kappa shape index (κ3) is 10.6. The Bertz CT molecular complexity index is 593. The van der Waals surface area contributed by atoms with Gasteiger partial charge in [0.15, 0.2) is 0 Å². The Morgan fingerprint density at radius 2 is 1.39 bits per heavy atom. The standard InChI is InChI=1S/C25H38O3/c1-5-6-7-8-9-10-11-12-13-14-15-16-17-18-19-22(27)24-23(28-24)20-25(3,4)21(2)26/h6-7,9-10,12-13,15-16,18-19,22-24,27H,5,8,11,14,17,20H2,1-4H3/b7-6-,10-9-,13-12-,16-15-,19-18-. The molecule has 0 aromatic rings. The van der Waals surface area contributed by atoms with E-state index < -0.39 is 6.10 Å². The number of aliphatic hydroxyl groups excluding tert-OH is 1. The van der Waals surface area contributed by atoms with E-state index in [1.54, 1.807) is 13.0 Å². The van der Waals surface area contributed by atoms with Gasteiger partial charge in [-0.2, -0.15) is 0 Å². The smallest absolute Gasteiger partial charge is 0.135 e. The summed E-state index contributed by atoms with van der Waals surface area (Å²) in [5.41, 5.74) is -0.388. The van der Waals surface area contributed by atoms with Gasteiger partial charge in [-0.15, -0.1) is 0 Å². The summed E-state index contributed by atoms with van der Waals surface area (Å²) in [6.45, 7) is 7.61. The number of carbonyl (C=O) groups excluding carboxylic acids is 1. The summed E-state index contributed by atoms with van der Waals surface area (Å²) in [6, 6.07) is 0. The highest BCUT2D eigenvalue weighted by atomic mass is 16.6. The Labute approximate surface area is 171 Å². The van der Waals surface area contributed by atoms with Crippen molar-refractivity contribution in [3.05, 3.63) is 60.8 Å². The van der Waals surface area contributed by atoms with E-state index in [-0.39, 0.29) is 23.4 Å². The first kappa shape index (κ1) is 24.3. The van der Waals surface area contributed by atoms with E-state index in [1.807, 2.05) is 19.9 Å². The molecule has 0 amide bonds. The lowest BCUT2D eigenvalue weighted by atomic mass is 9.83. The number of ketones is 1. The van der Waals surface area contributed by atoms with Gasteiger partial charge in [0.25, 0.3) is 0 Å². The second-order valence-electron chi connectivity index (χ2n) is 7.94. The van der Waals surface area contributed by atoms with Crippen molar-refractivity contribution < 1.29 is 14.6 Å². The fourth-order valence-electron chi connectivity index (χ4n) is 2.75. The van der Waals surface area contributed by atoms with Gasteiger partial charge in [-0.25, -0.2) is 0 Å². The van der Waals surface area contributed by atoms with Crippen molar-refractivity contribution in [2.75, 3.05) is 0 Å². The molecule has 1 fully saturated rings. The van der Waals surface area contributed by atoms with Crippen LogP contribution in [0.2, 0.25) is 0 Å². The van der Waals surface area contributed by atoms with Crippen LogP contribution in [0.15, 0.2) is 60.8 Å². The molecule has 1 aliphatic rings. The van der Waals surface area contributed by atoms with Crippen molar-refractivity contribution in [3.8, 4) is 0 Å². The zero-order valence-electron chi connectivity index (χ0n) is 18.0. The predicted octanol–water partition coefficient (Wildman–Crippen LogP) is 5.87.